The number of nitrogens with one attached hydrogen (secondary N) is 2. The van der Waals surface area contributed by atoms with Crippen molar-refractivity contribution in [2.75, 3.05) is 50.7 Å². The quantitative estimate of drug-likeness (QED) is 0.747. The summed E-state index contributed by atoms with van der Waals surface area (Å²) in [7, 11) is 0. The summed E-state index contributed by atoms with van der Waals surface area (Å²) in [5.74, 6) is 1.76. The molecule has 0 aliphatic carbocycles. The van der Waals surface area contributed by atoms with Gasteiger partial charge in [-0.15, -0.1) is 0 Å². The highest BCUT2D eigenvalue weighted by molar-refractivity contribution is 5.79. The molecule has 2 saturated heterocycles. The smallest absolute Gasteiger partial charge is 0.224 e. The number of rotatable bonds is 7. The Bertz CT molecular complexity index is 581. The summed E-state index contributed by atoms with van der Waals surface area (Å²) in [5, 5.41) is 6.20. The van der Waals surface area contributed by atoms with Crippen LogP contribution in [0.15, 0.2) is 24.4 Å². The van der Waals surface area contributed by atoms with Gasteiger partial charge in [0, 0.05) is 51.8 Å². The van der Waals surface area contributed by atoms with Crippen LogP contribution >= 0.6 is 0 Å². The van der Waals surface area contributed by atoms with Crippen molar-refractivity contribution in [3.05, 3.63) is 24.4 Å². The van der Waals surface area contributed by atoms with Crippen molar-refractivity contribution in [3.63, 3.8) is 0 Å². The lowest BCUT2D eigenvalue weighted by Gasteiger charge is -2.35. The summed E-state index contributed by atoms with van der Waals surface area (Å²) in [6, 6.07) is 5.88. The van der Waals surface area contributed by atoms with Crippen molar-refractivity contribution in [2.45, 2.75) is 25.7 Å². The number of amides is 2. The van der Waals surface area contributed by atoms with E-state index < -0.39 is 0 Å². The Hall–Kier alpha value is -2.15. The molecule has 2 amide bonds. The minimum absolute atomic E-state index is 0.0599. The molecule has 142 valence electrons. The second-order valence-corrected chi connectivity index (χ2v) is 7.05. The molecule has 1 unspecified atom stereocenters. The molecule has 2 aliphatic rings. The zero-order valence-corrected chi connectivity index (χ0v) is 15.3. The van der Waals surface area contributed by atoms with E-state index in [1.54, 1.807) is 6.20 Å². The number of nitrogens with zero attached hydrogens (tertiary/aromatic N) is 3. The van der Waals surface area contributed by atoms with Crippen molar-refractivity contribution < 1.29 is 9.59 Å². The van der Waals surface area contributed by atoms with Crippen LogP contribution in [-0.2, 0) is 9.59 Å². The Kier molecular flexibility index (Phi) is 6.82. The zero-order chi connectivity index (χ0) is 18.2. The fourth-order valence-corrected chi connectivity index (χ4v) is 3.58. The molecule has 26 heavy (non-hydrogen) atoms. The number of aromatic nitrogens is 1. The highest BCUT2D eigenvalue weighted by Crippen LogP contribution is 2.14. The number of hydrogen-bond donors (Lipinski definition) is 2. The zero-order valence-electron chi connectivity index (χ0n) is 15.3. The van der Waals surface area contributed by atoms with E-state index in [1.165, 1.54) is 0 Å². The number of pyridine rings is 1. The van der Waals surface area contributed by atoms with Crippen LogP contribution in [0, 0.1) is 5.92 Å². The first-order chi connectivity index (χ1) is 12.7. The van der Waals surface area contributed by atoms with Crippen LogP contribution in [-0.4, -0.2) is 67.5 Å². The molecule has 3 rings (SSSR count). The Morgan fingerprint density at radius 1 is 1.19 bits per heavy atom. The van der Waals surface area contributed by atoms with E-state index in [0.717, 1.165) is 44.8 Å². The molecule has 1 aromatic heterocycles. The molecule has 0 radical (unpaired) electrons. The average molecular weight is 359 g/mol. The lowest BCUT2D eigenvalue weighted by Crippen LogP contribution is -2.49. The van der Waals surface area contributed by atoms with Gasteiger partial charge in [-0.25, -0.2) is 4.98 Å². The lowest BCUT2D eigenvalue weighted by molar-refractivity contribution is -0.131. The van der Waals surface area contributed by atoms with Gasteiger partial charge >= 0.3 is 0 Å². The molecule has 2 N–H and O–H groups in total. The largest absolute Gasteiger partial charge is 0.356 e. The maximum atomic E-state index is 12.3. The predicted octanol–water partition coefficient (Wildman–Crippen LogP) is 0.626. The molecule has 0 saturated carbocycles. The molecule has 7 heteroatoms. The van der Waals surface area contributed by atoms with Crippen LogP contribution in [0.3, 0.4) is 0 Å². The van der Waals surface area contributed by atoms with Gasteiger partial charge in [0.15, 0.2) is 0 Å². The van der Waals surface area contributed by atoms with E-state index in [-0.39, 0.29) is 11.8 Å². The first-order valence-corrected chi connectivity index (χ1v) is 9.63. The van der Waals surface area contributed by atoms with E-state index >= 15 is 0 Å². The second-order valence-electron chi connectivity index (χ2n) is 7.05. The summed E-state index contributed by atoms with van der Waals surface area (Å²) in [4.78, 5) is 32.7. The maximum Gasteiger partial charge on any atom is 0.224 e. The predicted molar refractivity (Wildman–Crippen MR) is 101 cm³/mol. The number of carbonyl (C=O) groups excluding carboxylic acids is 2. The maximum absolute atomic E-state index is 12.3. The monoisotopic (exact) mass is 359 g/mol. The molecular formula is C19H29N5O2. The fraction of sp³-hybridized carbons (Fsp3) is 0.632. The molecule has 2 aliphatic heterocycles. The summed E-state index contributed by atoms with van der Waals surface area (Å²) in [6.45, 7) is 5.52. The standard InChI is InChI=1S/C19H29N5O2/c25-18(5-4-16-6-9-20-15-16)22-10-7-19(26)24-13-11-23(12-14-24)17-3-1-2-8-21-17/h1-3,8,16,20H,4-7,9-15H2,(H,22,25). The van der Waals surface area contributed by atoms with Gasteiger partial charge in [-0.2, -0.15) is 0 Å². The van der Waals surface area contributed by atoms with Crippen molar-refractivity contribution in [1.82, 2.24) is 20.5 Å². The Morgan fingerprint density at radius 3 is 2.73 bits per heavy atom. The van der Waals surface area contributed by atoms with E-state index in [9.17, 15) is 9.59 Å². The Morgan fingerprint density at radius 2 is 2.04 bits per heavy atom. The van der Waals surface area contributed by atoms with E-state index in [4.69, 9.17) is 0 Å². The number of anilines is 1. The summed E-state index contributed by atoms with van der Waals surface area (Å²) < 4.78 is 0. The molecule has 0 bridgehead atoms. The SMILES string of the molecule is O=C(CCC1CCNC1)NCCC(=O)N1CCN(c2ccccn2)CC1. The van der Waals surface area contributed by atoms with Crippen molar-refractivity contribution >= 4 is 17.6 Å². The van der Waals surface area contributed by atoms with Crippen LogP contribution in [0.25, 0.3) is 0 Å². The third-order valence-electron chi connectivity index (χ3n) is 5.21. The molecule has 3 heterocycles. The van der Waals surface area contributed by atoms with Crippen LogP contribution in [0.4, 0.5) is 5.82 Å². The van der Waals surface area contributed by atoms with Gasteiger partial charge in [-0.05, 0) is 44.0 Å². The number of hydrogen-bond acceptors (Lipinski definition) is 5. The molecular weight excluding hydrogens is 330 g/mol. The third kappa shape index (κ3) is 5.42. The highest BCUT2D eigenvalue weighted by atomic mass is 16.2. The van der Waals surface area contributed by atoms with Crippen LogP contribution in [0.5, 0.6) is 0 Å². The topological polar surface area (TPSA) is 77.6 Å². The van der Waals surface area contributed by atoms with Crippen LogP contribution < -0.4 is 15.5 Å². The lowest BCUT2D eigenvalue weighted by atomic mass is 10.0. The van der Waals surface area contributed by atoms with Gasteiger partial charge in [-0.1, -0.05) is 6.07 Å². The molecule has 7 nitrogen and oxygen atoms in total. The van der Waals surface area contributed by atoms with E-state index in [2.05, 4.69) is 20.5 Å². The summed E-state index contributed by atoms with van der Waals surface area (Å²) >= 11 is 0. The van der Waals surface area contributed by atoms with Gasteiger partial charge in [0.05, 0.1) is 0 Å². The average Bonchev–Trinajstić information content (AvgIpc) is 3.21. The number of carbonyl (C=O) groups is 2. The minimum atomic E-state index is 0.0599. The molecule has 1 aromatic rings. The molecule has 0 aromatic carbocycles. The van der Waals surface area contributed by atoms with E-state index in [0.29, 0.717) is 38.4 Å². The van der Waals surface area contributed by atoms with Crippen LogP contribution in [0.1, 0.15) is 25.7 Å². The number of piperazine rings is 1. The third-order valence-corrected chi connectivity index (χ3v) is 5.21. The fourth-order valence-electron chi connectivity index (χ4n) is 3.58. The Balaban J connectivity index is 1.30. The Labute approximate surface area is 155 Å². The highest BCUT2D eigenvalue weighted by Gasteiger charge is 2.21. The minimum Gasteiger partial charge on any atom is -0.356 e. The van der Waals surface area contributed by atoms with Gasteiger partial charge < -0.3 is 20.4 Å². The van der Waals surface area contributed by atoms with Crippen LogP contribution in [0.2, 0.25) is 0 Å². The molecule has 0 spiro atoms. The summed E-state index contributed by atoms with van der Waals surface area (Å²) in [5.41, 5.74) is 0. The first kappa shape index (κ1) is 18.6. The van der Waals surface area contributed by atoms with E-state index in [1.807, 2.05) is 23.1 Å². The second kappa shape index (κ2) is 9.52. The van der Waals surface area contributed by atoms with Crippen molar-refractivity contribution in [1.29, 1.82) is 0 Å². The van der Waals surface area contributed by atoms with Crippen molar-refractivity contribution in [2.24, 2.45) is 5.92 Å². The van der Waals surface area contributed by atoms with Gasteiger partial charge in [0.2, 0.25) is 11.8 Å². The normalized spacial score (nSPS) is 20.2. The van der Waals surface area contributed by atoms with Crippen molar-refractivity contribution in [3.8, 4) is 0 Å². The van der Waals surface area contributed by atoms with Gasteiger partial charge in [0.1, 0.15) is 5.82 Å². The molecule has 2 fully saturated rings. The first-order valence-electron chi connectivity index (χ1n) is 9.63. The van der Waals surface area contributed by atoms with Gasteiger partial charge in [0.25, 0.3) is 0 Å². The summed E-state index contributed by atoms with van der Waals surface area (Å²) in [6.07, 6.45) is 4.82. The molecule has 1 atom stereocenters. The van der Waals surface area contributed by atoms with Gasteiger partial charge in [-0.3, -0.25) is 9.59 Å².